The Morgan fingerprint density at radius 1 is 1.00 bits per heavy atom. The van der Waals surface area contributed by atoms with Gasteiger partial charge in [0.25, 0.3) is 5.69 Å². The summed E-state index contributed by atoms with van der Waals surface area (Å²) in [5.41, 5.74) is -0.544. The van der Waals surface area contributed by atoms with Gasteiger partial charge in [0.1, 0.15) is 23.2 Å². The van der Waals surface area contributed by atoms with Crippen molar-refractivity contribution < 1.29 is 47.4 Å². The number of hydrogen-bond donors (Lipinski definition) is 1. The lowest BCUT2D eigenvalue weighted by Gasteiger charge is -2.24. The van der Waals surface area contributed by atoms with Crippen LogP contribution in [0.15, 0.2) is 91.0 Å². The Kier molecular flexibility index (Phi) is 12.9. The van der Waals surface area contributed by atoms with E-state index in [4.69, 9.17) is 14.2 Å². The van der Waals surface area contributed by atoms with Gasteiger partial charge in [0, 0.05) is 37.1 Å². The van der Waals surface area contributed by atoms with E-state index in [1.54, 1.807) is 17.0 Å². The number of esters is 1. The number of halogens is 2. The molecule has 1 amide bonds. The maximum atomic E-state index is 14.7. The third kappa shape index (κ3) is 10.5. The lowest BCUT2D eigenvalue weighted by Crippen LogP contribution is -2.34. The Morgan fingerprint density at radius 3 is 2.47 bits per heavy atom. The van der Waals surface area contributed by atoms with Crippen molar-refractivity contribution in [2.75, 3.05) is 6.54 Å². The van der Waals surface area contributed by atoms with Crippen LogP contribution < -0.4 is 9.47 Å². The van der Waals surface area contributed by atoms with Gasteiger partial charge in [0.2, 0.25) is 12.6 Å². The Bertz CT molecular complexity index is 1910. The lowest BCUT2D eigenvalue weighted by molar-refractivity contribution is -0.384. The largest absolute Gasteiger partial charge is 0.519 e. The van der Waals surface area contributed by atoms with E-state index in [0.717, 1.165) is 42.3 Å². The van der Waals surface area contributed by atoms with Gasteiger partial charge in [-0.1, -0.05) is 67.5 Å². The first kappa shape index (κ1) is 38.1. The maximum Gasteiger partial charge on any atom is 0.519 e. The van der Waals surface area contributed by atoms with Crippen LogP contribution in [-0.4, -0.2) is 71.9 Å². The third-order valence-electron chi connectivity index (χ3n) is 8.32. The Hall–Kier alpha value is -6.10. The van der Waals surface area contributed by atoms with Crippen molar-refractivity contribution in [1.29, 1.82) is 0 Å². The highest BCUT2D eigenvalue weighted by Crippen LogP contribution is 2.33. The summed E-state index contributed by atoms with van der Waals surface area (Å²) < 4.78 is 44.8. The highest BCUT2D eigenvalue weighted by Gasteiger charge is 2.39. The molecule has 1 saturated heterocycles. The number of tetrazole rings is 1. The van der Waals surface area contributed by atoms with Gasteiger partial charge in [-0.25, -0.2) is 9.59 Å². The first-order valence-corrected chi connectivity index (χ1v) is 16.8. The molecule has 0 aliphatic carbocycles. The molecule has 1 N–H and O–H groups in total. The normalized spacial score (nSPS) is 15.0. The number of carbonyl (C=O) groups is 3. The van der Waals surface area contributed by atoms with Crippen LogP contribution in [0.1, 0.15) is 60.3 Å². The van der Waals surface area contributed by atoms with E-state index in [1.165, 1.54) is 60.7 Å². The molecule has 0 spiro atoms. The van der Waals surface area contributed by atoms with Crippen LogP contribution in [-0.2, 0) is 28.6 Å². The molecule has 5 rings (SSSR count). The van der Waals surface area contributed by atoms with Crippen LogP contribution in [0.25, 0.3) is 0 Å². The summed E-state index contributed by atoms with van der Waals surface area (Å²) in [6.45, 7) is 0.0990. The topological polar surface area (TPSA) is 189 Å². The van der Waals surface area contributed by atoms with Gasteiger partial charge in [-0.15, -0.1) is 15.0 Å². The number of nitro benzene ring substituents is 1. The van der Waals surface area contributed by atoms with E-state index in [1.807, 2.05) is 0 Å². The minimum Gasteiger partial charge on any atom is -0.437 e. The van der Waals surface area contributed by atoms with Gasteiger partial charge >= 0.3 is 18.0 Å². The molecule has 0 bridgehead atoms. The first-order valence-electron chi connectivity index (χ1n) is 16.8. The number of nitrogens with zero attached hydrogens (tertiary/aromatic N) is 6. The molecule has 1 aromatic heterocycles. The number of aromatic nitrogens is 4. The second-order valence-corrected chi connectivity index (χ2v) is 12.0. The van der Waals surface area contributed by atoms with E-state index in [-0.39, 0.29) is 47.0 Å². The number of aryl methyl sites for hydroxylation is 1. The Morgan fingerprint density at radius 2 is 1.72 bits per heavy atom. The fraction of sp³-hybridized carbons (Fsp3) is 0.333. The number of hydrogen-bond acceptors (Lipinski definition) is 12. The average Bonchev–Trinajstić information content (AvgIpc) is 3.76. The molecule has 1 aliphatic rings. The quantitative estimate of drug-likeness (QED) is 0.0345. The van der Waals surface area contributed by atoms with Gasteiger partial charge in [-0.05, 0) is 48.7 Å². The number of aliphatic hydroxyl groups is 1. The maximum absolute atomic E-state index is 14.7. The summed E-state index contributed by atoms with van der Waals surface area (Å²) in [6, 6.07) is 17.3. The van der Waals surface area contributed by atoms with Crippen LogP contribution in [0.5, 0.6) is 11.5 Å². The predicted molar refractivity (Wildman–Crippen MR) is 182 cm³/mol. The summed E-state index contributed by atoms with van der Waals surface area (Å²) >= 11 is 0. The van der Waals surface area contributed by atoms with Crippen molar-refractivity contribution in [2.45, 2.75) is 69.7 Å². The number of amides is 1. The van der Waals surface area contributed by atoms with E-state index in [9.17, 15) is 38.4 Å². The molecule has 278 valence electrons. The molecule has 17 heteroatoms. The number of carbonyl (C=O) groups excluding carboxylic acids is 3. The van der Waals surface area contributed by atoms with Crippen molar-refractivity contribution in [3.8, 4) is 11.5 Å². The molecule has 0 radical (unpaired) electrons. The van der Waals surface area contributed by atoms with Crippen molar-refractivity contribution in [3.63, 3.8) is 0 Å². The summed E-state index contributed by atoms with van der Waals surface area (Å²) in [6.07, 6.45) is 3.72. The zero-order valence-corrected chi connectivity index (χ0v) is 28.3. The number of rotatable bonds is 17. The standard InChI is InChI=1S/C36H36F2N6O9/c37-36(38,25-10-4-3-5-11-25)31(45)21-17-26-18-22-33(46)42(26)23-9-2-1-6-14-32-39-41-43(40-32)24-51-34(47)29-12-7-8-13-30(29)53-35(48)52-28-19-15-27(16-20-28)44(49)50/h3-5,7-8,10-13,15-17,19-21,26,31,45H,1-2,6,9,14,18,22-24H2/b21-17+/t26-,31+/m1/s1. The summed E-state index contributed by atoms with van der Waals surface area (Å²) in [5.74, 6) is -4.05. The lowest BCUT2D eigenvalue weighted by atomic mass is 10.0. The molecule has 2 atom stereocenters. The molecule has 0 unspecified atom stereocenters. The number of alkyl halides is 2. The molecule has 1 fully saturated rings. The number of aliphatic hydroxyl groups excluding tert-OH is 1. The fourth-order valence-corrected chi connectivity index (χ4v) is 5.54. The number of non-ortho nitro benzene ring substituents is 1. The van der Waals surface area contributed by atoms with Gasteiger partial charge in [-0.2, -0.15) is 8.78 Å². The summed E-state index contributed by atoms with van der Waals surface area (Å²) in [7, 11) is 0. The van der Waals surface area contributed by atoms with E-state index < -0.39 is 29.1 Å². The van der Waals surface area contributed by atoms with Crippen molar-refractivity contribution in [2.24, 2.45) is 0 Å². The second-order valence-electron chi connectivity index (χ2n) is 12.0. The Labute approximate surface area is 301 Å². The molecule has 0 saturated carbocycles. The molecule has 53 heavy (non-hydrogen) atoms. The zero-order valence-electron chi connectivity index (χ0n) is 28.3. The molecular formula is C36H36F2N6O9. The highest BCUT2D eigenvalue weighted by molar-refractivity contribution is 5.93. The van der Waals surface area contributed by atoms with E-state index in [2.05, 4.69) is 15.4 Å². The summed E-state index contributed by atoms with van der Waals surface area (Å²) in [5, 5.41) is 33.1. The predicted octanol–water partition coefficient (Wildman–Crippen LogP) is 5.78. The molecule has 15 nitrogen and oxygen atoms in total. The molecule has 1 aliphatic heterocycles. The van der Waals surface area contributed by atoms with Gasteiger partial charge in [-0.3, -0.25) is 14.9 Å². The Balaban J connectivity index is 1.01. The van der Waals surface area contributed by atoms with Crippen LogP contribution in [0, 0.1) is 10.1 Å². The number of ether oxygens (including phenoxy) is 3. The fourth-order valence-electron chi connectivity index (χ4n) is 5.54. The minimum absolute atomic E-state index is 0.000105. The summed E-state index contributed by atoms with van der Waals surface area (Å²) in [4.78, 5) is 50.5. The third-order valence-corrected chi connectivity index (χ3v) is 8.32. The number of benzene rings is 3. The van der Waals surface area contributed by atoms with Crippen molar-refractivity contribution >= 4 is 23.7 Å². The van der Waals surface area contributed by atoms with Crippen LogP contribution in [0.2, 0.25) is 0 Å². The molecule has 3 aromatic carbocycles. The van der Waals surface area contributed by atoms with E-state index in [0.29, 0.717) is 38.1 Å². The number of unbranched alkanes of at least 4 members (excludes halogenated alkanes) is 3. The van der Waals surface area contributed by atoms with Gasteiger partial charge < -0.3 is 24.2 Å². The second kappa shape index (κ2) is 17.9. The van der Waals surface area contributed by atoms with Crippen molar-refractivity contribution in [1.82, 2.24) is 25.1 Å². The SMILES string of the molecule is O=C(Oc1ccc([N+](=O)[O-])cc1)Oc1ccccc1C(=O)OCn1nnc(CCCCCCN2C(=O)CC[C@H]2/C=C/[C@H](O)C(F)(F)c2ccccc2)n1. The van der Waals surface area contributed by atoms with Crippen molar-refractivity contribution in [3.05, 3.63) is 118 Å². The van der Waals surface area contributed by atoms with E-state index >= 15 is 0 Å². The highest BCUT2D eigenvalue weighted by atomic mass is 19.3. The van der Waals surface area contributed by atoms with Crippen LogP contribution in [0.3, 0.4) is 0 Å². The minimum atomic E-state index is -3.46. The monoisotopic (exact) mass is 734 g/mol. The van der Waals surface area contributed by atoms with Crippen LogP contribution in [0.4, 0.5) is 19.3 Å². The average molecular weight is 735 g/mol. The van der Waals surface area contributed by atoms with Crippen LogP contribution >= 0.6 is 0 Å². The number of nitro groups is 1. The molecular weight excluding hydrogens is 698 g/mol. The number of para-hydroxylation sites is 1. The molecule has 4 aromatic rings. The van der Waals surface area contributed by atoms with Gasteiger partial charge in [0.15, 0.2) is 5.82 Å². The smallest absolute Gasteiger partial charge is 0.437 e. The zero-order chi connectivity index (χ0) is 37.8. The first-order chi connectivity index (χ1) is 25.5. The molecule has 2 heterocycles. The van der Waals surface area contributed by atoms with Gasteiger partial charge in [0.05, 0.1) is 11.0 Å². The number of likely N-dealkylation sites (tertiary alicyclic amines) is 1.